The molecule has 0 saturated carbocycles. The van der Waals surface area contributed by atoms with Gasteiger partial charge in [-0.25, -0.2) is 0 Å². The maximum Gasteiger partial charge on any atom is 0.253 e. The maximum absolute atomic E-state index is 13.1. The summed E-state index contributed by atoms with van der Waals surface area (Å²) >= 11 is 0. The second-order valence-electron chi connectivity index (χ2n) is 9.71. The number of hydrogen-bond acceptors (Lipinski definition) is 3. The van der Waals surface area contributed by atoms with Gasteiger partial charge in [0.2, 0.25) is 5.91 Å². The molecule has 0 aliphatic rings. The third-order valence-corrected chi connectivity index (χ3v) is 6.23. The van der Waals surface area contributed by atoms with Crippen molar-refractivity contribution in [3.05, 3.63) is 95.1 Å². The van der Waals surface area contributed by atoms with Gasteiger partial charge in [-0.2, -0.15) is 0 Å². The van der Waals surface area contributed by atoms with Crippen LogP contribution in [0.3, 0.4) is 0 Å². The number of hydrogen-bond donors (Lipinski definition) is 2. The number of rotatable bonds is 10. The Morgan fingerprint density at radius 2 is 1.63 bits per heavy atom. The zero-order chi connectivity index (χ0) is 25.4. The van der Waals surface area contributed by atoms with E-state index in [9.17, 15) is 9.59 Å². The van der Waals surface area contributed by atoms with Crippen molar-refractivity contribution >= 4 is 17.5 Å². The molecule has 0 aliphatic heterocycles. The summed E-state index contributed by atoms with van der Waals surface area (Å²) < 4.78 is 5.95. The Morgan fingerprint density at radius 3 is 2.37 bits per heavy atom. The Morgan fingerprint density at radius 1 is 0.943 bits per heavy atom. The molecule has 1 unspecified atom stereocenters. The minimum absolute atomic E-state index is 0.124. The molecule has 2 amide bonds. The van der Waals surface area contributed by atoms with Crippen molar-refractivity contribution in [1.29, 1.82) is 0 Å². The van der Waals surface area contributed by atoms with Crippen LogP contribution >= 0.6 is 0 Å². The molecule has 0 aromatic heterocycles. The van der Waals surface area contributed by atoms with Gasteiger partial charge in [0.05, 0.1) is 23.9 Å². The third-order valence-electron chi connectivity index (χ3n) is 6.23. The lowest BCUT2D eigenvalue weighted by Crippen LogP contribution is -2.33. The van der Waals surface area contributed by atoms with Gasteiger partial charge in [0.25, 0.3) is 5.91 Å². The Balaban J connectivity index is 1.58. The van der Waals surface area contributed by atoms with Gasteiger partial charge in [0.15, 0.2) is 0 Å². The molecule has 0 fully saturated rings. The van der Waals surface area contributed by atoms with Crippen LogP contribution in [0.1, 0.15) is 66.7 Å². The van der Waals surface area contributed by atoms with Crippen LogP contribution in [0.2, 0.25) is 0 Å². The number of benzene rings is 3. The van der Waals surface area contributed by atoms with Crippen molar-refractivity contribution in [1.82, 2.24) is 5.32 Å². The summed E-state index contributed by atoms with van der Waals surface area (Å²) in [5.41, 5.74) is 3.61. The molecule has 35 heavy (non-hydrogen) atoms. The minimum Gasteiger partial charge on any atom is -0.493 e. The maximum atomic E-state index is 13.1. The average Bonchev–Trinajstić information content (AvgIpc) is 2.84. The summed E-state index contributed by atoms with van der Waals surface area (Å²) in [6, 6.07) is 22.9. The number of aryl methyl sites for hydroxylation is 2. The average molecular weight is 473 g/mol. The molecule has 0 heterocycles. The molecular formula is C30H36N2O3. The molecule has 0 saturated heterocycles. The van der Waals surface area contributed by atoms with Crippen molar-refractivity contribution in [2.75, 3.05) is 11.9 Å². The van der Waals surface area contributed by atoms with Gasteiger partial charge in [-0.05, 0) is 68.5 Å². The third kappa shape index (κ3) is 7.19. The predicted molar refractivity (Wildman–Crippen MR) is 142 cm³/mol. The van der Waals surface area contributed by atoms with E-state index in [0.29, 0.717) is 24.3 Å². The van der Waals surface area contributed by atoms with Crippen LogP contribution in [0.25, 0.3) is 0 Å². The first-order valence-electron chi connectivity index (χ1n) is 12.1. The zero-order valence-corrected chi connectivity index (χ0v) is 21.4. The highest BCUT2D eigenvalue weighted by molar-refractivity contribution is 6.04. The standard InChI is InChI=1S/C30H36N2O3/c1-21-16-17-22(2)27(20-21)35-19-11-18-30(4,5)29(34)32-26-15-10-9-14-25(26)28(33)31-23(3)24-12-7-6-8-13-24/h6-10,12-17,20,23H,11,18-19H2,1-5H3,(H,31,33)(H,32,34). The number of carbonyl (C=O) groups is 2. The molecule has 3 aromatic rings. The quantitative estimate of drug-likeness (QED) is 0.326. The van der Waals surface area contributed by atoms with Crippen molar-refractivity contribution in [2.45, 2.75) is 53.5 Å². The zero-order valence-electron chi connectivity index (χ0n) is 21.4. The van der Waals surface area contributed by atoms with Crippen LogP contribution in [-0.4, -0.2) is 18.4 Å². The van der Waals surface area contributed by atoms with Crippen LogP contribution in [0.4, 0.5) is 5.69 Å². The molecule has 5 heteroatoms. The van der Waals surface area contributed by atoms with Crippen molar-refractivity contribution < 1.29 is 14.3 Å². The van der Waals surface area contributed by atoms with Gasteiger partial charge in [-0.1, -0.05) is 68.4 Å². The smallest absolute Gasteiger partial charge is 0.253 e. The fraction of sp³-hybridized carbons (Fsp3) is 0.333. The van der Waals surface area contributed by atoms with Gasteiger partial charge in [-0.3, -0.25) is 9.59 Å². The number of nitrogens with one attached hydrogen (secondary N) is 2. The second kappa shape index (κ2) is 11.7. The first kappa shape index (κ1) is 26.0. The SMILES string of the molecule is Cc1ccc(C)c(OCCCC(C)(C)C(=O)Nc2ccccc2C(=O)NC(C)c2ccccc2)c1. The Hall–Kier alpha value is -3.60. The summed E-state index contributed by atoms with van der Waals surface area (Å²) in [5.74, 6) is 0.537. The van der Waals surface area contributed by atoms with Gasteiger partial charge < -0.3 is 15.4 Å². The number of ether oxygens (including phenoxy) is 1. The van der Waals surface area contributed by atoms with E-state index in [-0.39, 0.29) is 17.9 Å². The molecule has 0 aliphatic carbocycles. The lowest BCUT2D eigenvalue weighted by molar-refractivity contribution is -0.124. The molecule has 3 aromatic carbocycles. The molecule has 1 atom stereocenters. The summed E-state index contributed by atoms with van der Waals surface area (Å²) in [6.07, 6.45) is 1.40. The minimum atomic E-state index is -0.619. The van der Waals surface area contributed by atoms with Crippen molar-refractivity contribution in [2.24, 2.45) is 5.41 Å². The highest BCUT2D eigenvalue weighted by atomic mass is 16.5. The monoisotopic (exact) mass is 472 g/mol. The summed E-state index contributed by atoms with van der Waals surface area (Å²) in [7, 11) is 0. The molecule has 0 radical (unpaired) electrons. The molecule has 0 bridgehead atoms. The van der Waals surface area contributed by atoms with Crippen molar-refractivity contribution in [3.63, 3.8) is 0 Å². The highest BCUT2D eigenvalue weighted by Gasteiger charge is 2.28. The molecular weight excluding hydrogens is 436 g/mol. The highest BCUT2D eigenvalue weighted by Crippen LogP contribution is 2.27. The second-order valence-corrected chi connectivity index (χ2v) is 9.71. The van der Waals surface area contributed by atoms with Gasteiger partial charge in [0, 0.05) is 5.41 Å². The summed E-state index contributed by atoms with van der Waals surface area (Å²) in [6.45, 7) is 10.4. The first-order valence-corrected chi connectivity index (χ1v) is 12.1. The van der Waals surface area contributed by atoms with Gasteiger partial charge in [0.1, 0.15) is 5.75 Å². The van der Waals surface area contributed by atoms with Crippen LogP contribution in [0.5, 0.6) is 5.75 Å². The number of amides is 2. The Labute approximate surface area is 208 Å². The van der Waals surface area contributed by atoms with Gasteiger partial charge in [-0.15, -0.1) is 0 Å². The lowest BCUT2D eigenvalue weighted by atomic mass is 9.86. The normalized spacial score (nSPS) is 12.0. The predicted octanol–water partition coefficient (Wildman–Crippen LogP) is 6.62. The largest absolute Gasteiger partial charge is 0.493 e. The Bertz CT molecular complexity index is 1160. The molecule has 3 rings (SSSR count). The van der Waals surface area contributed by atoms with Crippen LogP contribution in [0.15, 0.2) is 72.8 Å². The number of carbonyl (C=O) groups excluding carboxylic acids is 2. The fourth-order valence-electron chi connectivity index (χ4n) is 3.85. The first-order chi connectivity index (χ1) is 16.7. The molecule has 5 nitrogen and oxygen atoms in total. The van der Waals surface area contributed by atoms with E-state index in [2.05, 4.69) is 22.8 Å². The molecule has 2 N–H and O–H groups in total. The Kier molecular flexibility index (Phi) is 8.69. The van der Waals surface area contributed by atoms with E-state index in [1.807, 2.05) is 77.1 Å². The molecule has 0 spiro atoms. The van der Waals surface area contributed by atoms with Crippen LogP contribution < -0.4 is 15.4 Å². The van der Waals surface area contributed by atoms with E-state index < -0.39 is 5.41 Å². The summed E-state index contributed by atoms with van der Waals surface area (Å²) in [5, 5.41) is 6.00. The topological polar surface area (TPSA) is 67.4 Å². The van der Waals surface area contributed by atoms with E-state index >= 15 is 0 Å². The summed E-state index contributed by atoms with van der Waals surface area (Å²) in [4.78, 5) is 26.1. The van der Waals surface area contributed by atoms with Gasteiger partial charge >= 0.3 is 0 Å². The number of anilines is 1. The number of para-hydroxylation sites is 1. The fourth-order valence-corrected chi connectivity index (χ4v) is 3.85. The van der Waals surface area contributed by atoms with E-state index in [4.69, 9.17) is 4.74 Å². The lowest BCUT2D eigenvalue weighted by Gasteiger charge is -2.24. The van der Waals surface area contributed by atoms with E-state index in [1.165, 1.54) is 0 Å². The molecule has 184 valence electrons. The van der Waals surface area contributed by atoms with E-state index in [1.54, 1.807) is 18.2 Å². The van der Waals surface area contributed by atoms with E-state index in [0.717, 1.165) is 28.9 Å². The van der Waals surface area contributed by atoms with Crippen LogP contribution in [0, 0.1) is 19.3 Å². The van der Waals surface area contributed by atoms with Crippen LogP contribution in [-0.2, 0) is 4.79 Å². The van der Waals surface area contributed by atoms with Crippen molar-refractivity contribution in [3.8, 4) is 5.75 Å².